The summed E-state index contributed by atoms with van der Waals surface area (Å²) in [6.45, 7) is 4.27. The Kier molecular flexibility index (Phi) is 5.19. The van der Waals surface area contributed by atoms with Crippen LogP contribution >= 0.6 is 23.1 Å². The van der Waals surface area contributed by atoms with Crippen molar-refractivity contribution in [2.45, 2.75) is 10.1 Å². The standard InChI is InChI=1S/C12H13N3O3S2/c1-3-6-13-11-14-15-12(20-11)19-7-8-4-5-9(18-8)10(16)17-2/h3-5H,1,6-7H2,2H3,(H,13,14). The fourth-order valence-corrected chi connectivity index (χ4v) is 2.95. The van der Waals surface area contributed by atoms with Crippen molar-refractivity contribution >= 4 is 34.2 Å². The van der Waals surface area contributed by atoms with Crippen LogP contribution in [-0.4, -0.2) is 29.8 Å². The van der Waals surface area contributed by atoms with E-state index >= 15 is 0 Å². The molecule has 1 N–H and O–H groups in total. The maximum Gasteiger partial charge on any atom is 0.373 e. The number of esters is 1. The summed E-state index contributed by atoms with van der Waals surface area (Å²) >= 11 is 2.95. The topological polar surface area (TPSA) is 77.2 Å². The van der Waals surface area contributed by atoms with E-state index in [1.54, 1.807) is 18.2 Å². The number of rotatable bonds is 7. The van der Waals surface area contributed by atoms with Crippen molar-refractivity contribution < 1.29 is 13.9 Å². The summed E-state index contributed by atoms with van der Waals surface area (Å²) in [7, 11) is 1.32. The van der Waals surface area contributed by atoms with Crippen LogP contribution in [0.4, 0.5) is 5.13 Å². The molecule has 0 fully saturated rings. The van der Waals surface area contributed by atoms with E-state index in [1.807, 2.05) is 0 Å². The molecular formula is C12H13N3O3S2. The average Bonchev–Trinajstić information content (AvgIpc) is 3.11. The molecule has 20 heavy (non-hydrogen) atoms. The third-order valence-electron chi connectivity index (χ3n) is 2.19. The molecule has 0 aliphatic carbocycles. The Balaban J connectivity index is 1.88. The normalized spacial score (nSPS) is 10.2. The second kappa shape index (κ2) is 7.11. The lowest BCUT2D eigenvalue weighted by Gasteiger charge is -1.95. The summed E-state index contributed by atoms with van der Waals surface area (Å²) in [6.07, 6.45) is 1.76. The molecule has 8 heteroatoms. The lowest BCUT2D eigenvalue weighted by molar-refractivity contribution is 0.0563. The molecule has 0 saturated carbocycles. The van der Waals surface area contributed by atoms with Crippen molar-refractivity contribution in [3.05, 3.63) is 36.3 Å². The molecule has 0 atom stereocenters. The van der Waals surface area contributed by atoms with E-state index in [2.05, 4.69) is 26.8 Å². The Morgan fingerprint density at radius 3 is 3.20 bits per heavy atom. The maximum atomic E-state index is 11.2. The van der Waals surface area contributed by atoms with Crippen LogP contribution in [0.15, 0.2) is 33.5 Å². The van der Waals surface area contributed by atoms with E-state index in [4.69, 9.17) is 4.42 Å². The number of carbonyl (C=O) groups is 1. The van der Waals surface area contributed by atoms with Gasteiger partial charge in [-0.15, -0.1) is 16.8 Å². The van der Waals surface area contributed by atoms with Gasteiger partial charge in [0.25, 0.3) is 0 Å². The van der Waals surface area contributed by atoms with Gasteiger partial charge in [0.2, 0.25) is 10.9 Å². The van der Waals surface area contributed by atoms with E-state index < -0.39 is 5.97 Å². The Bertz CT molecular complexity index is 594. The zero-order chi connectivity index (χ0) is 14.4. The molecule has 0 unspecified atom stereocenters. The van der Waals surface area contributed by atoms with Gasteiger partial charge >= 0.3 is 5.97 Å². The molecule has 2 aromatic rings. The number of aromatic nitrogens is 2. The number of anilines is 1. The van der Waals surface area contributed by atoms with Crippen molar-refractivity contribution in [2.75, 3.05) is 19.0 Å². The van der Waals surface area contributed by atoms with Gasteiger partial charge < -0.3 is 14.5 Å². The smallest absolute Gasteiger partial charge is 0.373 e. The fourth-order valence-electron chi connectivity index (χ4n) is 1.30. The van der Waals surface area contributed by atoms with Crippen LogP contribution in [0, 0.1) is 0 Å². The van der Waals surface area contributed by atoms with Crippen molar-refractivity contribution in [3.63, 3.8) is 0 Å². The van der Waals surface area contributed by atoms with Crippen LogP contribution in [0.1, 0.15) is 16.3 Å². The lowest BCUT2D eigenvalue weighted by atomic mass is 10.4. The fraction of sp³-hybridized carbons (Fsp3) is 0.250. The van der Waals surface area contributed by atoms with Gasteiger partial charge in [-0.25, -0.2) is 4.79 Å². The van der Waals surface area contributed by atoms with Crippen molar-refractivity contribution in [3.8, 4) is 0 Å². The van der Waals surface area contributed by atoms with E-state index in [1.165, 1.54) is 30.2 Å². The number of thioether (sulfide) groups is 1. The molecule has 0 aliphatic rings. The Hall–Kier alpha value is -1.80. The van der Waals surface area contributed by atoms with Crippen LogP contribution in [0.5, 0.6) is 0 Å². The van der Waals surface area contributed by atoms with Gasteiger partial charge in [-0.2, -0.15) is 0 Å². The second-order valence-corrected chi connectivity index (χ2v) is 5.79. The van der Waals surface area contributed by atoms with Crippen LogP contribution in [-0.2, 0) is 10.5 Å². The van der Waals surface area contributed by atoms with Gasteiger partial charge in [0.15, 0.2) is 4.34 Å². The molecule has 2 rings (SSSR count). The number of nitrogens with one attached hydrogen (secondary N) is 1. The van der Waals surface area contributed by atoms with Gasteiger partial charge in [0.1, 0.15) is 5.76 Å². The third-order valence-corrected chi connectivity index (χ3v) is 4.23. The average molecular weight is 311 g/mol. The number of methoxy groups -OCH3 is 1. The van der Waals surface area contributed by atoms with Gasteiger partial charge in [-0.05, 0) is 12.1 Å². The summed E-state index contributed by atoms with van der Waals surface area (Å²) in [6, 6.07) is 3.34. The van der Waals surface area contributed by atoms with Crippen molar-refractivity contribution in [1.82, 2.24) is 10.2 Å². The van der Waals surface area contributed by atoms with Crippen LogP contribution < -0.4 is 5.32 Å². The molecule has 0 bridgehead atoms. The molecule has 0 saturated heterocycles. The highest BCUT2D eigenvalue weighted by molar-refractivity contribution is 8.00. The highest BCUT2D eigenvalue weighted by Crippen LogP contribution is 2.28. The van der Waals surface area contributed by atoms with E-state index in [-0.39, 0.29) is 5.76 Å². The number of hydrogen-bond acceptors (Lipinski definition) is 8. The molecular weight excluding hydrogens is 298 g/mol. The Labute approximate surface area is 124 Å². The summed E-state index contributed by atoms with van der Waals surface area (Å²) < 4.78 is 10.8. The third kappa shape index (κ3) is 3.84. The van der Waals surface area contributed by atoms with Gasteiger partial charge in [-0.3, -0.25) is 0 Å². The molecule has 0 amide bonds. The SMILES string of the molecule is C=CCNc1nnc(SCc2ccc(C(=O)OC)o2)s1. The minimum Gasteiger partial charge on any atom is -0.463 e. The minimum atomic E-state index is -0.479. The van der Waals surface area contributed by atoms with Crippen LogP contribution in [0.25, 0.3) is 0 Å². The summed E-state index contributed by atoms with van der Waals surface area (Å²) in [5.41, 5.74) is 0. The highest BCUT2D eigenvalue weighted by Gasteiger charge is 2.12. The first-order chi connectivity index (χ1) is 9.72. The first kappa shape index (κ1) is 14.6. The monoisotopic (exact) mass is 311 g/mol. The Morgan fingerprint density at radius 2 is 2.45 bits per heavy atom. The lowest BCUT2D eigenvalue weighted by Crippen LogP contribution is -1.98. The summed E-state index contributed by atoms with van der Waals surface area (Å²) in [5, 5.41) is 11.9. The molecule has 6 nitrogen and oxygen atoms in total. The molecule has 0 aliphatic heterocycles. The number of ether oxygens (including phenoxy) is 1. The van der Waals surface area contributed by atoms with Gasteiger partial charge in [-0.1, -0.05) is 29.2 Å². The zero-order valence-corrected chi connectivity index (χ0v) is 12.4. The molecule has 0 spiro atoms. The number of furan rings is 1. The summed E-state index contributed by atoms with van der Waals surface area (Å²) in [4.78, 5) is 11.2. The second-order valence-electron chi connectivity index (χ2n) is 3.59. The Morgan fingerprint density at radius 1 is 1.60 bits per heavy atom. The van der Waals surface area contributed by atoms with Crippen LogP contribution in [0.2, 0.25) is 0 Å². The quantitative estimate of drug-likeness (QED) is 0.478. The highest BCUT2D eigenvalue weighted by atomic mass is 32.2. The number of nitrogens with zero attached hydrogens (tertiary/aromatic N) is 2. The zero-order valence-electron chi connectivity index (χ0n) is 10.8. The predicted octanol–water partition coefficient (Wildman–Crippen LogP) is 2.81. The van der Waals surface area contributed by atoms with Gasteiger partial charge in [0.05, 0.1) is 12.9 Å². The van der Waals surface area contributed by atoms with Crippen molar-refractivity contribution in [1.29, 1.82) is 0 Å². The number of hydrogen-bond donors (Lipinski definition) is 1. The largest absolute Gasteiger partial charge is 0.463 e. The molecule has 2 heterocycles. The molecule has 0 radical (unpaired) electrons. The molecule has 2 aromatic heterocycles. The maximum absolute atomic E-state index is 11.2. The first-order valence-electron chi connectivity index (χ1n) is 5.71. The van der Waals surface area contributed by atoms with E-state index in [0.717, 1.165) is 9.47 Å². The minimum absolute atomic E-state index is 0.203. The first-order valence-corrected chi connectivity index (χ1v) is 7.51. The molecule has 0 aromatic carbocycles. The van der Waals surface area contributed by atoms with Crippen LogP contribution in [0.3, 0.4) is 0 Å². The van der Waals surface area contributed by atoms with E-state index in [9.17, 15) is 4.79 Å². The van der Waals surface area contributed by atoms with E-state index in [0.29, 0.717) is 18.1 Å². The van der Waals surface area contributed by atoms with Gasteiger partial charge in [0, 0.05) is 6.54 Å². The summed E-state index contributed by atoms with van der Waals surface area (Å²) in [5.74, 6) is 0.987. The predicted molar refractivity (Wildman–Crippen MR) is 78.2 cm³/mol. The number of carbonyl (C=O) groups excluding carboxylic acids is 1. The molecule has 106 valence electrons. The van der Waals surface area contributed by atoms with Crippen molar-refractivity contribution in [2.24, 2.45) is 0 Å².